The highest BCUT2D eigenvalue weighted by atomic mass is 35.5. The molecular formula is C22H25ClFN3O2. The molecule has 1 atom stereocenters. The van der Waals surface area contributed by atoms with Crippen molar-refractivity contribution in [2.24, 2.45) is 5.92 Å². The van der Waals surface area contributed by atoms with Gasteiger partial charge in [0.15, 0.2) is 0 Å². The quantitative estimate of drug-likeness (QED) is 0.784. The first-order valence-electron chi connectivity index (χ1n) is 9.75. The van der Waals surface area contributed by atoms with E-state index >= 15 is 0 Å². The van der Waals surface area contributed by atoms with Crippen molar-refractivity contribution in [2.75, 3.05) is 25.0 Å². The van der Waals surface area contributed by atoms with E-state index in [1.165, 1.54) is 12.1 Å². The van der Waals surface area contributed by atoms with E-state index in [1.807, 2.05) is 35.2 Å². The Balaban J connectivity index is 0.00000240. The largest absolute Gasteiger partial charge is 0.333 e. The van der Waals surface area contributed by atoms with E-state index in [9.17, 15) is 14.0 Å². The molecule has 2 amide bonds. The molecule has 154 valence electrons. The van der Waals surface area contributed by atoms with Gasteiger partial charge < -0.3 is 15.5 Å². The van der Waals surface area contributed by atoms with Crippen molar-refractivity contribution in [1.29, 1.82) is 0 Å². The maximum absolute atomic E-state index is 13.6. The Morgan fingerprint density at radius 3 is 2.59 bits per heavy atom. The summed E-state index contributed by atoms with van der Waals surface area (Å²) in [6, 6.07) is 13.7. The second kappa shape index (κ2) is 9.37. The number of hydrogen-bond acceptors (Lipinski definition) is 3. The zero-order valence-corrected chi connectivity index (χ0v) is 16.9. The van der Waals surface area contributed by atoms with Crippen LogP contribution in [-0.4, -0.2) is 36.3 Å². The molecule has 0 radical (unpaired) electrons. The summed E-state index contributed by atoms with van der Waals surface area (Å²) in [4.78, 5) is 26.6. The van der Waals surface area contributed by atoms with Crippen LogP contribution in [0.25, 0.3) is 0 Å². The highest BCUT2D eigenvalue weighted by Gasteiger charge is 2.30. The lowest BCUT2D eigenvalue weighted by Gasteiger charge is -2.36. The highest BCUT2D eigenvalue weighted by molar-refractivity contribution is 5.94. The summed E-state index contributed by atoms with van der Waals surface area (Å²) in [6.45, 7) is 1.93. The van der Waals surface area contributed by atoms with Crippen molar-refractivity contribution in [3.8, 4) is 0 Å². The molecule has 0 spiro atoms. The van der Waals surface area contributed by atoms with Crippen LogP contribution in [0.5, 0.6) is 0 Å². The molecule has 2 fully saturated rings. The van der Waals surface area contributed by atoms with Crippen molar-refractivity contribution < 1.29 is 14.0 Å². The van der Waals surface area contributed by atoms with E-state index in [2.05, 4.69) is 10.6 Å². The standard InChI is InChI=1S/C22H24FN3O2.ClH/c23-18-3-1-2-17(13-18)20-14-24-10-11-26(20)21(27)12-15-4-8-19(9-5-15)25-22(28)16-6-7-16;/h1-5,8-9,13,16,20,24H,6-7,10-12,14H2,(H,25,28);1H. The SMILES string of the molecule is Cl.O=C(Nc1ccc(CC(=O)N2CCNCC2c2cccc(F)c2)cc1)C1CC1. The van der Waals surface area contributed by atoms with Gasteiger partial charge in [0.1, 0.15) is 5.82 Å². The molecule has 29 heavy (non-hydrogen) atoms. The van der Waals surface area contributed by atoms with Gasteiger partial charge in [0.2, 0.25) is 11.8 Å². The summed E-state index contributed by atoms with van der Waals surface area (Å²) in [5, 5.41) is 6.19. The molecule has 2 N–H and O–H groups in total. The predicted octanol–water partition coefficient (Wildman–Crippen LogP) is 3.31. The van der Waals surface area contributed by atoms with Crippen molar-refractivity contribution in [3.63, 3.8) is 0 Å². The summed E-state index contributed by atoms with van der Waals surface area (Å²) >= 11 is 0. The molecule has 2 aromatic rings. The first-order valence-corrected chi connectivity index (χ1v) is 9.75. The number of rotatable bonds is 5. The third kappa shape index (κ3) is 5.34. The van der Waals surface area contributed by atoms with Gasteiger partial charge in [-0.1, -0.05) is 24.3 Å². The molecule has 7 heteroatoms. The Labute approximate surface area is 176 Å². The number of nitrogens with zero attached hydrogens (tertiary/aromatic N) is 1. The third-order valence-corrected chi connectivity index (χ3v) is 5.32. The normalized spacial score (nSPS) is 18.7. The van der Waals surface area contributed by atoms with E-state index in [0.29, 0.717) is 13.1 Å². The van der Waals surface area contributed by atoms with E-state index in [-0.39, 0.29) is 48.4 Å². The molecule has 5 nitrogen and oxygen atoms in total. The number of hydrogen-bond donors (Lipinski definition) is 2. The topological polar surface area (TPSA) is 61.4 Å². The summed E-state index contributed by atoms with van der Waals surface area (Å²) in [6.07, 6.45) is 2.22. The van der Waals surface area contributed by atoms with Gasteiger partial charge in [0.05, 0.1) is 12.5 Å². The van der Waals surface area contributed by atoms with Crippen LogP contribution < -0.4 is 10.6 Å². The Morgan fingerprint density at radius 1 is 1.14 bits per heavy atom. The van der Waals surface area contributed by atoms with Crippen LogP contribution in [0.3, 0.4) is 0 Å². The number of nitrogens with one attached hydrogen (secondary N) is 2. The molecule has 1 unspecified atom stereocenters. The highest BCUT2D eigenvalue weighted by Crippen LogP contribution is 2.30. The van der Waals surface area contributed by atoms with Gasteiger partial charge in [-0.3, -0.25) is 9.59 Å². The van der Waals surface area contributed by atoms with Crippen LogP contribution in [0.15, 0.2) is 48.5 Å². The van der Waals surface area contributed by atoms with E-state index in [1.54, 1.807) is 6.07 Å². The molecule has 1 aliphatic heterocycles. The van der Waals surface area contributed by atoms with Crippen LogP contribution in [0.2, 0.25) is 0 Å². The molecule has 1 aliphatic carbocycles. The van der Waals surface area contributed by atoms with E-state index in [0.717, 1.165) is 36.2 Å². The minimum Gasteiger partial charge on any atom is -0.333 e. The number of anilines is 1. The molecule has 2 aliphatic rings. The lowest BCUT2D eigenvalue weighted by atomic mass is 10.0. The van der Waals surface area contributed by atoms with Gasteiger partial charge in [-0.15, -0.1) is 12.4 Å². The molecule has 1 heterocycles. The van der Waals surface area contributed by atoms with Crippen LogP contribution in [0, 0.1) is 11.7 Å². The van der Waals surface area contributed by atoms with E-state index < -0.39 is 0 Å². The van der Waals surface area contributed by atoms with Crippen LogP contribution in [0.4, 0.5) is 10.1 Å². The maximum atomic E-state index is 13.6. The number of halogens is 2. The average molecular weight is 418 g/mol. The average Bonchev–Trinajstić information content (AvgIpc) is 3.55. The van der Waals surface area contributed by atoms with Gasteiger partial charge in [0.25, 0.3) is 0 Å². The van der Waals surface area contributed by atoms with Gasteiger partial charge >= 0.3 is 0 Å². The van der Waals surface area contributed by atoms with Gasteiger partial charge in [-0.25, -0.2) is 4.39 Å². The number of amides is 2. The predicted molar refractivity (Wildman–Crippen MR) is 112 cm³/mol. The Kier molecular flexibility index (Phi) is 6.87. The Bertz CT molecular complexity index is 871. The van der Waals surface area contributed by atoms with Gasteiger partial charge in [-0.2, -0.15) is 0 Å². The number of benzene rings is 2. The first kappa shape index (κ1) is 21.3. The van der Waals surface area contributed by atoms with Crippen molar-refractivity contribution in [2.45, 2.75) is 25.3 Å². The molecule has 4 rings (SSSR count). The fourth-order valence-electron chi connectivity index (χ4n) is 3.59. The van der Waals surface area contributed by atoms with Crippen LogP contribution in [-0.2, 0) is 16.0 Å². The molecule has 1 saturated carbocycles. The van der Waals surface area contributed by atoms with Crippen LogP contribution >= 0.6 is 12.4 Å². The zero-order valence-electron chi connectivity index (χ0n) is 16.1. The summed E-state index contributed by atoms with van der Waals surface area (Å²) in [5.41, 5.74) is 2.46. The monoisotopic (exact) mass is 417 g/mol. The van der Waals surface area contributed by atoms with Crippen molar-refractivity contribution >= 4 is 29.9 Å². The molecule has 1 saturated heterocycles. The second-order valence-corrected chi connectivity index (χ2v) is 7.50. The molecule has 2 aromatic carbocycles. The lowest BCUT2D eigenvalue weighted by molar-refractivity contribution is -0.133. The van der Waals surface area contributed by atoms with Crippen molar-refractivity contribution in [1.82, 2.24) is 10.2 Å². The van der Waals surface area contributed by atoms with Crippen LogP contribution in [0.1, 0.15) is 30.0 Å². The molecular weight excluding hydrogens is 393 g/mol. The smallest absolute Gasteiger partial charge is 0.227 e. The first-order chi connectivity index (χ1) is 13.6. The maximum Gasteiger partial charge on any atom is 0.227 e. The molecule has 0 aromatic heterocycles. The minimum atomic E-state index is -0.292. The van der Waals surface area contributed by atoms with Crippen molar-refractivity contribution in [3.05, 3.63) is 65.5 Å². The third-order valence-electron chi connectivity index (χ3n) is 5.32. The lowest BCUT2D eigenvalue weighted by Crippen LogP contribution is -2.49. The number of carbonyl (C=O) groups is 2. The zero-order chi connectivity index (χ0) is 19.5. The Morgan fingerprint density at radius 2 is 1.90 bits per heavy atom. The molecule has 0 bridgehead atoms. The second-order valence-electron chi connectivity index (χ2n) is 7.50. The van der Waals surface area contributed by atoms with Gasteiger partial charge in [0, 0.05) is 31.2 Å². The van der Waals surface area contributed by atoms with E-state index in [4.69, 9.17) is 0 Å². The number of carbonyl (C=O) groups excluding carboxylic acids is 2. The fraction of sp³-hybridized carbons (Fsp3) is 0.364. The number of piperazine rings is 1. The minimum absolute atomic E-state index is 0. The summed E-state index contributed by atoms with van der Waals surface area (Å²) < 4.78 is 13.6. The Hall–Kier alpha value is -2.44. The fourth-order valence-corrected chi connectivity index (χ4v) is 3.59. The van der Waals surface area contributed by atoms with Gasteiger partial charge in [-0.05, 0) is 48.2 Å². The summed E-state index contributed by atoms with van der Waals surface area (Å²) in [7, 11) is 0. The summed E-state index contributed by atoms with van der Waals surface area (Å²) in [5.74, 6) is -0.0406.